The number of nitrogens with one attached hydrogen (secondary N) is 1. The predicted molar refractivity (Wildman–Crippen MR) is 94.2 cm³/mol. The summed E-state index contributed by atoms with van der Waals surface area (Å²) >= 11 is 0.881. The highest BCUT2D eigenvalue weighted by molar-refractivity contribution is 9.10. The molecule has 2 atom stereocenters. The molecule has 0 aliphatic carbocycles. The van der Waals surface area contributed by atoms with Gasteiger partial charge in [0.2, 0.25) is 4.99 Å². The standard InChI is InChI=1S/C16H17BrN2O3S/c1-10-8-9-13(14(17)11(10)2)16(18,23(21)22)19-15(20)12-6-4-3-5-7-12/h3-9H,18H2,1-2H3,(H,19,20)(H,21,22). The lowest BCUT2D eigenvalue weighted by molar-refractivity contribution is 0.0925. The van der Waals surface area contributed by atoms with Crippen molar-refractivity contribution in [3.63, 3.8) is 0 Å². The number of halogens is 1. The first-order valence-electron chi connectivity index (χ1n) is 6.81. The van der Waals surface area contributed by atoms with Crippen molar-refractivity contribution < 1.29 is 13.6 Å². The van der Waals surface area contributed by atoms with Crippen molar-refractivity contribution in [2.45, 2.75) is 18.8 Å². The Bertz CT molecular complexity index is 767. The molecule has 2 aromatic carbocycles. The van der Waals surface area contributed by atoms with Gasteiger partial charge in [-0.1, -0.05) is 46.3 Å². The number of hydrogen-bond acceptors (Lipinski definition) is 3. The zero-order valence-electron chi connectivity index (χ0n) is 12.7. The average molecular weight is 397 g/mol. The minimum atomic E-state index is -2.52. The summed E-state index contributed by atoms with van der Waals surface area (Å²) in [6.45, 7) is 3.78. The summed E-state index contributed by atoms with van der Waals surface area (Å²) in [4.78, 5) is 10.4. The first-order valence-corrected chi connectivity index (χ1v) is 8.71. The number of hydrogen-bond donors (Lipinski definition) is 3. The maximum atomic E-state index is 12.3. The summed E-state index contributed by atoms with van der Waals surface area (Å²) in [5.74, 6) is -0.527. The largest absolute Gasteiger partial charge is 0.318 e. The molecule has 1 amide bonds. The van der Waals surface area contributed by atoms with Crippen LogP contribution >= 0.6 is 15.9 Å². The SMILES string of the molecule is Cc1ccc(C(N)(NC(=O)c2ccccc2)S(=O)O)c(Br)c1C. The van der Waals surface area contributed by atoms with Crippen molar-refractivity contribution >= 4 is 32.9 Å². The third-order valence-electron chi connectivity index (χ3n) is 3.67. The Labute approximate surface area is 145 Å². The van der Waals surface area contributed by atoms with Crippen LogP contribution in [0.25, 0.3) is 0 Å². The summed E-state index contributed by atoms with van der Waals surface area (Å²) in [6, 6.07) is 11.8. The van der Waals surface area contributed by atoms with Gasteiger partial charge in [-0.05, 0) is 37.1 Å². The molecule has 4 N–H and O–H groups in total. The van der Waals surface area contributed by atoms with Crippen LogP contribution in [0, 0.1) is 13.8 Å². The fourth-order valence-electron chi connectivity index (χ4n) is 2.10. The van der Waals surface area contributed by atoms with Crippen LogP contribution in [-0.2, 0) is 16.1 Å². The van der Waals surface area contributed by atoms with Crippen LogP contribution in [0.5, 0.6) is 0 Å². The van der Waals surface area contributed by atoms with Gasteiger partial charge in [0.1, 0.15) is 0 Å². The molecule has 2 unspecified atom stereocenters. The lowest BCUT2D eigenvalue weighted by atomic mass is 10.0. The molecule has 0 aromatic heterocycles. The molecule has 0 saturated carbocycles. The second-order valence-corrected chi connectivity index (χ2v) is 7.11. The number of carbonyl (C=O) groups is 1. The molecule has 0 heterocycles. The molecule has 122 valence electrons. The quantitative estimate of drug-likeness (QED) is 0.547. The second kappa shape index (κ2) is 6.92. The van der Waals surface area contributed by atoms with Crippen molar-refractivity contribution in [2.75, 3.05) is 0 Å². The van der Waals surface area contributed by atoms with Gasteiger partial charge in [-0.2, -0.15) is 0 Å². The molecular formula is C16H17BrN2O3S. The van der Waals surface area contributed by atoms with Crippen LogP contribution < -0.4 is 11.1 Å². The number of carbonyl (C=O) groups excluding carboxylic acids is 1. The monoisotopic (exact) mass is 396 g/mol. The van der Waals surface area contributed by atoms with Crippen molar-refractivity contribution in [1.29, 1.82) is 0 Å². The highest BCUT2D eigenvalue weighted by Crippen LogP contribution is 2.31. The van der Waals surface area contributed by atoms with E-state index in [-0.39, 0.29) is 0 Å². The molecule has 5 nitrogen and oxygen atoms in total. The van der Waals surface area contributed by atoms with Crippen molar-refractivity contribution in [3.8, 4) is 0 Å². The highest BCUT2D eigenvalue weighted by Gasteiger charge is 2.38. The third kappa shape index (κ3) is 3.53. The van der Waals surface area contributed by atoms with E-state index in [0.29, 0.717) is 15.6 Å². The zero-order chi connectivity index (χ0) is 17.2. The topological polar surface area (TPSA) is 92.4 Å². The van der Waals surface area contributed by atoms with Crippen molar-refractivity contribution in [3.05, 3.63) is 69.2 Å². The lowest BCUT2D eigenvalue weighted by Crippen LogP contribution is -2.56. The minimum Gasteiger partial charge on any atom is -0.318 e. The summed E-state index contributed by atoms with van der Waals surface area (Å²) in [7, 11) is 0. The van der Waals surface area contributed by atoms with E-state index in [2.05, 4.69) is 21.2 Å². The van der Waals surface area contributed by atoms with E-state index in [1.807, 2.05) is 13.8 Å². The molecule has 2 rings (SSSR count). The van der Waals surface area contributed by atoms with E-state index in [1.165, 1.54) is 0 Å². The molecule has 0 spiro atoms. The highest BCUT2D eigenvalue weighted by atomic mass is 79.9. The van der Waals surface area contributed by atoms with Gasteiger partial charge < -0.3 is 9.87 Å². The van der Waals surface area contributed by atoms with E-state index in [9.17, 15) is 13.6 Å². The summed E-state index contributed by atoms with van der Waals surface area (Å²) in [5.41, 5.74) is 8.69. The van der Waals surface area contributed by atoms with E-state index in [0.717, 1.165) is 11.1 Å². The Morgan fingerprint density at radius 2 is 1.83 bits per heavy atom. The predicted octanol–water partition coefficient (Wildman–Crippen LogP) is 2.79. The third-order valence-corrected chi connectivity index (χ3v) is 5.56. The Morgan fingerprint density at radius 3 is 2.39 bits per heavy atom. The second-order valence-electron chi connectivity index (χ2n) is 5.17. The Kier molecular flexibility index (Phi) is 5.36. The van der Waals surface area contributed by atoms with Gasteiger partial charge in [0.15, 0.2) is 11.1 Å². The summed E-state index contributed by atoms with van der Waals surface area (Å²) in [6.07, 6.45) is 0. The maximum Gasteiger partial charge on any atom is 0.253 e. The minimum absolute atomic E-state index is 0.339. The normalized spacial score (nSPS) is 14.8. The molecule has 0 fully saturated rings. The Morgan fingerprint density at radius 1 is 1.22 bits per heavy atom. The molecule has 0 saturated heterocycles. The number of aryl methyl sites for hydroxylation is 1. The van der Waals surface area contributed by atoms with Gasteiger partial charge in [-0.25, -0.2) is 4.21 Å². The van der Waals surface area contributed by atoms with Gasteiger partial charge in [0.05, 0.1) is 0 Å². The van der Waals surface area contributed by atoms with Crippen LogP contribution in [0.3, 0.4) is 0 Å². The van der Waals surface area contributed by atoms with Crippen LogP contribution in [-0.4, -0.2) is 14.7 Å². The van der Waals surface area contributed by atoms with Gasteiger partial charge in [-0.15, -0.1) is 0 Å². The molecule has 7 heteroatoms. The molecule has 0 aliphatic heterocycles. The van der Waals surface area contributed by atoms with Crippen molar-refractivity contribution in [2.24, 2.45) is 5.73 Å². The van der Waals surface area contributed by atoms with E-state index < -0.39 is 22.0 Å². The molecule has 23 heavy (non-hydrogen) atoms. The molecule has 0 aliphatic rings. The zero-order valence-corrected chi connectivity index (χ0v) is 15.1. The van der Waals surface area contributed by atoms with Gasteiger partial charge in [-0.3, -0.25) is 10.5 Å². The molecule has 0 radical (unpaired) electrons. The first-order chi connectivity index (χ1) is 10.8. The Hall–Kier alpha value is -1.54. The van der Waals surface area contributed by atoms with Gasteiger partial charge in [0, 0.05) is 15.6 Å². The number of amides is 1. The van der Waals surface area contributed by atoms with Crippen LogP contribution in [0.2, 0.25) is 0 Å². The number of nitrogens with two attached hydrogens (primary N) is 1. The Balaban J connectivity index is 2.47. The summed E-state index contributed by atoms with van der Waals surface area (Å²) < 4.78 is 22.2. The van der Waals surface area contributed by atoms with Crippen LogP contribution in [0.4, 0.5) is 0 Å². The lowest BCUT2D eigenvalue weighted by Gasteiger charge is -2.29. The number of rotatable bonds is 4. The van der Waals surface area contributed by atoms with E-state index in [4.69, 9.17) is 5.73 Å². The van der Waals surface area contributed by atoms with E-state index in [1.54, 1.807) is 42.5 Å². The van der Waals surface area contributed by atoms with E-state index >= 15 is 0 Å². The smallest absolute Gasteiger partial charge is 0.253 e. The van der Waals surface area contributed by atoms with Gasteiger partial charge in [0.25, 0.3) is 5.91 Å². The fraction of sp³-hybridized carbons (Fsp3) is 0.188. The van der Waals surface area contributed by atoms with Crippen molar-refractivity contribution in [1.82, 2.24) is 5.32 Å². The molecule has 2 aromatic rings. The maximum absolute atomic E-state index is 12.3. The van der Waals surface area contributed by atoms with Crippen LogP contribution in [0.1, 0.15) is 27.0 Å². The molecule has 0 bridgehead atoms. The van der Waals surface area contributed by atoms with Crippen LogP contribution in [0.15, 0.2) is 46.9 Å². The average Bonchev–Trinajstić information content (AvgIpc) is 2.53. The number of benzene rings is 2. The summed E-state index contributed by atoms with van der Waals surface area (Å²) in [5, 5.41) is 2.47. The van der Waals surface area contributed by atoms with Gasteiger partial charge >= 0.3 is 0 Å². The molecular weight excluding hydrogens is 380 g/mol. The first kappa shape index (κ1) is 17.8. The fourth-order valence-corrected chi connectivity index (χ4v) is 3.53.